The van der Waals surface area contributed by atoms with Crippen LogP contribution in [0.4, 0.5) is 5.69 Å². The molecule has 1 aliphatic rings. The summed E-state index contributed by atoms with van der Waals surface area (Å²) in [5.74, 6) is -0.401. The van der Waals surface area contributed by atoms with Crippen molar-refractivity contribution < 1.29 is 14.3 Å². The van der Waals surface area contributed by atoms with Gasteiger partial charge in [0.05, 0.1) is 13.2 Å². The van der Waals surface area contributed by atoms with E-state index in [0.717, 1.165) is 32.8 Å². The second kappa shape index (κ2) is 9.50. The van der Waals surface area contributed by atoms with Crippen molar-refractivity contribution in [3.05, 3.63) is 64.7 Å². The van der Waals surface area contributed by atoms with Crippen molar-refractivity contribution in [2.75, 3.05) is 44.7 Å². The van der Waals surface area contributed by atoms with Gasteiger partial charge < -0.3 is 15.4 Å². The van der Waals surface area contributed by atoms with Crippen molar-refractivity contribution in [1.82, 2.24) is 10.2 Å². The van der Waals surface area contributed by atoms with Gasteiger partial charge in [-0.05, 0) is 42.5 Å². The third-order valence-corrected chi connectivity index (χ3v) is 4.54. The Bertz CT molecular complexity index is 789. The van der Waals surface area contributed by atoms with Gasteiger partial charge in [-0.1, -0.05) is 17.7 Å². The lowest BCUT2D eigenvalue weighted by atomic mass is 10.1. The maximum atomic E-state index is 12.3. The van der Waals surface area contributed by atoms with Crippen molar-refractivity contribution in [3.63, 3.8) is 0 Å². The number of morpholine rings is 1. The molecule has 27 heavy (non-hydrogen) atoms. The van der Waals surface area contributed by atoms with Gasteiger partial charge in [-0.25, -0.2) is 0 Å². The first-order valence-electron chi connectivity index (χ1n) is 8.87. The number of hydrogen-bond acceptors (Lipinski definition) is 4. The van der Waals surface area contributed by atoms with Crippen LogP contribution in [0.3, 0.4) is 0 Å². The normalized spacial score (nSPS) is 14.6. The first-order chi connectivity index (χ1) is 13.1. The van der Waals surface area contributed by atoms with E-state index in [1.54, 1.807) is 48.5 Å². The van der Waals surface area contributed by atoms with Gasteiger partial charge in [-0.2, -0.15) is 0 Å². The highest BCUT2D eigenvalue weighted by Gasteiger charge is 2.12. The SMILES string of the molecule is O=C(NCCN1CCOCC1)c1ccc(C(=O)Nc2cccc(Cl)c2)cc1. The average Bonchev–Trinajstić information content (AvgIpc) is 2.69. The summed E-state index contributed by atoms with van der Waals surface area (Å²) in [4.78, 5) is 26.8. The van der Waals surface area contributed by atoms with E-state index in [4.69, 9.17) is 16.3 Å². The first kappa shape index (κ1) is 19.4. The van der Waals surface area contributed by atoms with Gasteiger partial charge in [0.2, 0.25) is 0 Å². The second-order valence-electron chi connectivity index (χ2n) is 6.25. The summed E-state index contributed by atoms with van der Waals surface area (Å²) < 4.78 is 5.30. The highest BCUT2D eigenvalue weighted by Crippen LogP contribution is 2.16. The van der Waals surface area contributed by atoms with Crippen molar-refractivity contribution in [2.45, 2.75) is 0 Å². The topological polar surface area (TPSA) is 70.7 Å². The minimum absolute atomic E-state index is 0.148. The van der Waals surface area contributed by atoms with Crippen LogP contribution in [0.2, 0.25) is 5.02 Å². The fraction of sp³-hybridized carbons (Fsp3) is 0.300. The summed E-state index contributed by atoms with van der Waals surface area (Å²) in [7, 11) is 0. The van der Waals surface area contributed by atoms with E-state index in [1.165, 1.54) is 0 Å². The Hall–Kier alpha value is -2.41. The smallest absolute Gasteiger partial charge is 0.255 e. The molecule has 1 aliphatic heterocycles. The Balaban J connectivity index is 1.49. The number of amides is 2. The average molecular weight is 388 g/mol. The first-order valence-corrected chi connectivity index (χ1v) is 9.25. The van der Waals surface area contributed by atoms with Crippen LogP contribution >= 0.6 is 11.6 Å². The Morgan fingerprint density at radius 3 is 2.33 bits per heavy atom. The third-order valence-electron chi connectivity index (χ3n) is 4.31. The van der Waals surface area contributed by atoms with Gasteiger partial charge >= 0.3 is 0 Å². The quantitative estimate of drug-likeness (QED) is 0.799. The molecule has 142 valence electrons. The van der Waals surface area contributed by atoms with E-state index in [-0.39, 0.29) is 11.8 Å². The number of rotatable bonds is 6. The van der Waals surface area contributed by atoms with Gasteiger partial charge in [-0.3, -0.25) is 14.5 Å². The van der Waals surface area contributed by atoms with Crippen LogP contribution in [0.1, 0.15) is 20.7 Å². The second-order valence-corrected chi connectivity index (χ2v) is 6.69. The molecule has 0 bridgehead atoms. The molecule has 7 heteroatoms. The number of ether oxygens (including phenoxy) is 1. The van der Waals surface area contributed by atoms with E-state index >= 15 is 0 Å². The Labute approximate surface area is 163 Å². The Morgan fingerprint density at radius 2 is 1.67 bits per heavy atom. The lowest BCUT2D eigenvalue weighted by molar-refractivity contribution is 0.0383. The molecule has 0 radical (unpaired) electrons. The molecule has 2 aromatic rings. The van der Waals surface area contributed by atoms with Crippen molar-refractivity contribution >= 4 is 29.1 Å². The summed E-state index contributed by atoms with van der Waals surface area (Å²) in [5.41, 5.74) is 1.62. The summed E-state index contributed by atoms with van der Waals surface area (Å²) >= 11 is 5.92. The zero-order valence-electron chi connectivity index (χ0n) is 14.9. The van der Waals surface area contributed by atoms with E-state index in [1.807, 2.05) is 0 Å². The van der Waals surface area contributed by atoms with Crippen LogP contribution in [-0.4, -0.2) is 56.1 Å². The van der Waals surface area contributed by atoms with E-state index < -0.39 is 0 Å². The molecule has 3 rings (SSSR count). The molecular weight excluding hydrogens is 366 g/mol. The van der Waals surface area contributed by atoms with Crippen LogP contribution in [0.5, 0.6) is 0 Å². The maximum absolute atomic E-state index is 12.3. The lowest BCUT2D eigenvalue weighted by Gasteiger charge is -2.26. The van der Waals surface area contributed by atoms with Crippen LogP contribution in [0.25, 0.3) is 0 Å². The highest BCUT2D eigenvalue weighted by molar-refractivity contribution is 6.31. The predicted octanol–water partition coefficient (Wildman–Crippen LogP) is 2.65. The number of anilines is 1. The molecule has 1 heterocycles. The van der Waals surface area contributed by atoms with E-state index in [2.05, 4.69) is 15.5 Å². The monoisotopic (exact) mass is 387 g/mol. The van der Waals surface area contributed by atoms with Crippen LogP contribution in [0.15, 0.2) is 48.5 Å². The van der Waals surface area contributed by atoms with Gasteiger partial charge in [0.15, 0.2) is 0 Å². The molecule has 0 saturated carbocycles. The molecule has 2 amide bonds. The fourth-order valence-corrected chi connectivity index (χ4v) is 2.99. The number of carbonyl (C=O) groups is 2. The molecule has 1 saturated heterocycles. The zero-order valence-corrected chi connectivity index (χ0v) is 15.7. The van der Waals surface area contributed by atoms with Gasteiger partial charge in [-0.15, -0.1) is 0 Å². The van der Waals surface area contributed by atoms with Crippen LogP contribution in [-0.2, 0) is 4.74 Å². The molecule has 0 spiro atoms. The lowest BCUT2D eigenvalue weighted by Crippen LogP contribution is -2.41. The maximum Gasteiger partial charge on any atom is 0.255 e. The summed E-state index contributed by atoms with van der Waals surface area (Å²) in [5, 5.41) is 6.24. The number of halogens is 1. The van der Waals surface area contributed by atoms with Crippen LogP contribution in [0, 0.1) is 0 Å². The molecule has 1 fully saturated rings. The number of nitrogens with one attached hydrogen (secondary N) is 2. The van der Waals surface area contributed by atoms with Crippen LogP contribution < -0.4 is 10.6 Å². The molecule has 6 nitrogen and oxygen atoms in total. The number of hydrogen-bond donors (Lipinski definition) is 2. The van der Waals surface area contributed by atoms with E-state index in [0.29, 0.717) is 28.4 Å². The number of nitrogens with zero attached hydrogens (tertiary/aromatic N) is 1. The molecular formula is C20H22ClN3O3. The largest absolute Gasteiger partial charge is 0.379 e. The summed E-state index contributed by atoms with van der Waals surface area (Å²) in [6, 6.07) is 13.5. The van der Waals surface area contributed by atoms with Crippen molar-refractivity contribution in [3.8, 4) is 0 Å². The number of carbonyl (C=O) groups excluding carboxylic acids is 2. The Kier molecular flexibility index (Phi) is 6.81. The molecule has 0 aliphatic carbocycles. The minimum Gasteiger partial charge on any atom is -0.379 e. The molecule has 2 N–H and O–H groups in total. The predicted molar refractivity (Wildman–Crippen MR) is 105 cm³/mol. The molecule has 0 unspecified atom stereocenters. The summed E-state index contributed by atoms with van der Waals surface area (Å²) in [6.07, 6.45) is 0. The minimum atomic E-state index is -0.253. The van der Waals surface area contributed by atoms with Crippen molar-refractivity contribution in [2.24, 2.45) is 0 Å². The van der Waals surface area contributed by atoms with Gasteiger partial charge in [0, 0.05) is 48.0 Å². The number of benzene rings is 2. The van der Waals surface area contributed by atoms with Gasteiger partial charge in [0.25, 0.3) is 11.8 Å². The standard InChI is InChI=1S/C20H22ClN3O3/c21-17-2-1-3-18(14-17)23-20(26)16-6-4-15(5-7-16)19(25)22-8-9-24-10-12-27-13-11-24/h1-7,14H,8-13H2,(H,22,25)(H,23,26). The van der Waals surface area contributed by atoms with Crippen molar-refractivity contribution in [1.29, 1.82) is 0 Å². The summed E-state index contributed by atoms with van der Waals surface area (Å²) in [6.45, 7) is 4.66. The fourth-order valence-electron chi connectivity index (χ4n) is 2.80. The van der Waals surface area contributed by atoms with E-state index in [9.17, 15) is 9.59 Å². The van der Waals surface area contributed by atoms with Gasteiger partial charge in [0.1, 0.15) is 0 Å². The highest BCUT2D eigenvalue weighted by atomic mass is 35.5. The molecule has 0 atom stereocenters. The zero-order chi connectivity index (χ0) is 19.1. The molecule has 0 aromatic heterocycles. The Morgan fingerprint density at radius 1 is 1.00 bits per heavy atom. The third kappa shape index (κ3) is 5.79. The molecule has 2 aromatic carbocycles.